The summed E-state index contributed by atoms with van der Waals surface area (Å²) >= 11 is 0. The van der Waals surface area contributed by atoms with E-state index in [-0.39, 0.29) is 28.4 Å². The van der Waals surface area contributed by atoms with E-state index in [1.165, 1.54) is 13.3 Å². The number of benzene rings is 3. The number of fused-ring (bicyclic) bond motifs is 1. The first-order valence-corrected chi connectivity index (χ1v) is 9.16. The van der Waals surface area contributed by atoms with Gasteiger partial charge in [0, 0.05) is 17.1 Å². The molecule has 0 aliphatic rings. The molecule has 0 aliphatic heterocycles. The van der Waals surface area contributed by atoms with Crippen molar-refractivity contribution in [3.63, 3.8) is 0 Å². The second-order valence-electron chi connectivity index (χ2n) is 6.47. The minimum absolute atomic E-state index is 0.0283. The summed E-state index contributed by atoms with van der Waals surface area (Å²) in [5, 5.41) is 38.4. The molecule has 152 valence electrons. The van der Waals surface area contributed by atoms with Gasteiger partial charge < -0.3 is 15.2 Å². The van der Waals surface area contributed by atoms with Gasteiger partial charge in [0.2, 0.25) is 0 Å². The quantitative estimate of drug-likeness (QED) is 0.404. The van der Waals surface area contributed by atoms with Gasteiger partial charge in [0.05, 0.1) is 18.9 Å². The van der Waals surface area contributed by atoms with Crippen molar-refractivity contribution in [2.45, 2.75) is 0 Å². The highest BCUT2D eigenvalue weighted by atomic mass is 16.5. The molecular weight excluding hydrogens is 396 g/mol. The zero-order valence-electron chi connectivity index (χ0n) is 16.3. The fraction of sp³-hybridized carbons (Fsp3) is 0.0455. The van der Waals surface area contributed by atoms with Crippen LogP contribution in [0.3, 0.4) is 0 Å². The molecule has 0 unspecified atom stereocenters. The van der Waals surface area contributed by atoms with E-state index in [9.17, 15) is 9.90 Å². The van der Waals surface area contributed by atoms with E-state index >= 15 is 0 Å². The van der Waals surface area contributed by atoms with E-state index in [0.717, 1.165) is 0 Å². The number of aromatic hydroxyl groups is 1. The van der Waals surface area contributed by atoms with Gasteiger partial charge in [-0.25, -0.2) is 0 Å². The molecule has 1 aromatic heterocycles. The molecule has 0 bridgehead atoms. The normalized spacial score (nSPS) is 10.8. The number of azo groups is 1. The maximum absolute atomic E-state index is 12.9. The van der Waals surface area contributed by atoms with E-state index in [4.69, 9.17) is 10.00 Å². The number of phenols is 1. The molecule has 0 spiro atoms. The Hall–Kier alpha value is -4.71. The lowest BCUT2D eigenvalue weighted by atomic mass is 10.0. The molecule has 0 saturated carbocycles. The highest BCUT2D eigenvalue weighted by Gasteiger charge is 2.19. The minimum Gasteiger partial charge on any atom is -0.505 e. The molecule has 3 aromatic carbocycles. The minimum atomic E-state index is -0.521. The largest absolute Gasteiger partial charge is 0.505 e. The van der Waals surface area contributed by atoms with Crippen LogP contribution in [-0.4, -0.2) is 28.3 Å². The third kappa shape index (κ3) is 3.90. The molecule has 1 heterocycles. The Bertz CT molecular complexity index is 1350. The number of aromatic amines is 1. The van der Waals surface area contributed by atoms with Gasteiger partial charge in [-0.1, -0.05) is 30.3 Å². The second kappa shape index (κ2) is 8.34. The summed E-state index contributed by atoms with van der Waals surface area (Å²) < 4.78 is 5.17. The number of carbonyl (C=O) groups excluding carboxylic acids is 1. The number of rotatable bonds is 5. The molecule has 0 atom stereocenters. The summed E-state index contributed by atoms with van der Waals surface area (Å²) in [6.45, 7) is 0. The van der Waals surface area contributed by atoms with Crippen molar-refractivity contribution in [3.05, 3.63) is 71.9 Å². The number of ether oxygens (including phenoxy) is 1. The van der Waals surface area contributed by atoms with Crippen LogP contribution in [0.2, 0.25) is 0 Å². The molecule has 31 heavy (non-hydrogen) atoms. The number of amides is 1. The Labute approximate surface area is 176 Å². The van der Waals surface area contributed by atoms with Crippen molar-refractivity contribution in [1.29, 1.82) is 5.26 Å². The van der Waals surface area contributed by atoms with Crippen LogP contribution in [0.4, 0.5) is 17.2 Å². The maximum atomic E-state index is 12.9. The summed E-state index contributed by atoms with van der Waals surface area (Å²) in [6, 6.07) is 17.5. The Morgan fingerprint density at radius 1 is 1.19 bits per heavy atom. The summed E-state index contributed by atoms with van der Waals surface area (Å²) in [5.74, 6) is -0.117. The fourth-order valence-electron chi connectivity index (χ4n) is 3.03. The van der Waals surface area contributed by atoms with E-state index in [2.05, 4.69) is 25.7 Å². The van der Waals surface area contributed by atoms with Crippen molar-refractivity contribution >= 4 is 33.9 Å². The van der Waals surface area contributed by atoms with Crippen molar-refractivity contribution in [2.75, 3.05) is 12.4 Å². The highest BCUT2D eigenvalue weighted by molar-refractivity contribution is 6.11. The number of H-pyrrole nitrogens is 1. The third-order valence-corrected chi connectivity index (χ3v) is 4.56. The first kappa shape index (κ1) is 19.6. The SMILES string of the molecule is COc1cccc(NC(=O)c2cc3ccccc3c(N=Nc3[nH]ncc3C#N)c2O)c1. The molecule has 9 nitrogen and oxygen atoms in total. The third-order valence-electron chi connectivity index (χ3n) is 4.56. The van der Waals surface area contributed by atoms with Crippen molar-refractivity contribution in [2.24, 2.45) is 10.2 Å². The first-order valence-electron chi connectivity index (χ1n) is 9.16. The zero-order valence-corrected chi connectivity index (χ0v) is 16.3. The molecule has 0 fully saturated rings. The van der Waals surface area contributed by atoms with Crippen LogP contribution < -0.4 is 10.1 Å². The smallest absolute Gasteiger partial charge is 0.259 e. The Morgan fingerprint density at radius 3 is 2.84 bits per heavy atom. The van der Waals surface area contributed by atoms with Crippen LogP contribution in [0.1, 0.15) is 15.9 Å². The molecule has 4 aromatic rings. The number of phenolic OH excluding ortho intramolecular Hbond substituents is 1. The van der Waals surface area contributed by atoms with Crippen molar-refractivity contribution < 1.29 is 14.6 Å². The number of nitrogens with zero attached hydrogens (tertiary/aromatic N) is 4. The Kier molecular flexibility index (Phi) is 5.27. The lowest BCUT2D eigenvalue weighted by molar-refractivity contribution is 0.102. The molecule has 0 aliphatic carbocycles. The van der Waals surface area contributed by atoms with Crippen LogP contribution in [0.5, 0.6) is 11.5 Å². The van der Waals surface area contributed by atoms with Crippen LogP contribution in [0.25, 0.3) is 10.8 Å². The van der Waals surface area contributed by atoms with Crippen LogP contribution >= 0.6 is 0 Å². The van der Waals surface area contributed by atoms with Gasteiger partial charge in [0.15, 0.2) is 11.6 Å². The summed E-state index contributed by atoms with van der Waals surface area (Å²) in [4.78, 5) is 12.9. The van der Waals surface area contributed by atoms with Crippen molar-refractivity contribution in [3.8, 4) is 17.6 Å². The van der Waals surface area contributed by atoms with Gasteiger partial charge in [-0.2, -0.15) is 10.4 Å². The van der Waals surface area contributed by atoms with Gasteiger partial charge in [-0.3, -0.25) is 9.89 Å². The van der Waals surface area contributed by atoms with Crippen LogP contribution in [-0.2, 0) is 0 Å². The molecular formula is C22H16N6O3. The Balaban J connectivity index is 1.77. The van der Waals surface area contributed by atoms with Crippen LogP contribution in [0, 0.1) is 11.3 Å². The predicted molar refractivity (Wildman–Crippen MR) is 114 cm³/mol. The summed E-state index contributed by atoms with van der Waals surface area (Å²) in [6.07, 6.45) is 1.32. The van der Waals surface area contributed by atoms with E-state index < -0.39 is 5.91 Å². The summed E-state index contributed by atoms with van der Waals surface area (Å²) in [5.41, 5.74) is 0.851. The number of carbonyl (C=O) groups is 1. The number of nitriles is 1. The van der Waals surface area contributed by atoms with Gasteiger partial charge in [0.1, 0.15) is 23.1 Å². The lowest BCUT2D eigenvalue weighted by Gasteiger charge is -2.11. The van der Waals surface area contributed by atoms with Gasteiger partial charge in [-0.15, -0.1) is 10.2 Å². The van der Waals surface area contributed by atoms with Gasteiger partial charge in [-0.05, 0) is 23.6 Å². The molecule has 9 heteroatoms. The monoisotopic (exact) mass is 412 g/mol. The zero-order chi connectivity index (χ0) is 21.8. The maximum Gasteiger partial charge on any atom is 0.259 e. The highest BCUT2D eigenvalue weighted by Crippen LogP contribution is 2.39. The molecule has 1 amide bonds. The average molecular weight is 412 g/mol. The number of hydrogen-bond acceptors (Lipinski definition) is 7. The van der Waals surface area contributed by atoms with Gasteiger partial charge in [0.25, 0.3) is 5.91 Å². The fourth-order valence-corrected chi connectivity index (χ4v) is 3.03. The molecule has 3 N–H and O–H groups in total. The molecule has 0 radical (unpaired) electrons. The number of methoxy groups -OCH3 is 1. The summed E-state index contributed by atoms with van der Waals surface area (Å²) in [7, 11) is 1.53. The number of anilines is 1. The Morgan fingerprint density at radius 2 is 2.03 bits per heavy atom. The second-order valence-corrected chi connectivity index (χ2v) is 6.47. The topological polar surface area (TPSA) is 136 Å². The number of aromatic nitrogens is 2. The first-order chi connectivity index (χ1) is 15.1. The van der Waals surface area contributed by atoms with Crippen molar-refractivity contribution in [1.82, 2.24) is 10.2 Å². The molecule has 0 saturated heterocycles. The molecule has 4 rings (SSSR count). The number of hydrogen-bond donors (Lipinski definition) is 3. The van der Waals surface area contributed by atoms with E-state index in [1.807, 2.05) is 12.1 Å². The van der Waals surface area contributed by atoms with E-state index in [0.29, 0.717) is 22.2 Å². The average Bonchev–Trinajstić information content (AvgIpc) is 3.25. The lowest BCUT2D eigenvalue weighted by Crippen LogP contribution is -2.12. The van der Waals surface area contributed by atoms with Crippen LogP contribution in [0.15, 0.2) is 71.0 Å². The standard InChI is InChI=1S/C22H16N6O3/c1-31-16-7-4-6-15(10-16)25-22(30)18-9-13-5-2-3-8-17(13)19(20(18)29)26-28-21-14(11-23)12-24-27-21/h2-10,12,29H,1H3,(H,24,27)(H,25,30). The van der Waals surface area contributed by atoms with Gasteiger partial charge >= 0.3 is 0 Å². The number of nitrogens with one attached hydrogen (secondary N) is 2. The predicted octanol–water partition coefficient (Wildman–Crippen LogP) is 4.82. The van der Waals surface area contributed by atoms with E-state index in [1.54, 1.807) is 48.5 Å².